The number of benzene rings is 1. The molecule has 2 amide bonds. The molecule has 2 aromatic rings. The van der Waals surface area contributed by atoms with E-state index in [1.807, 2.05) is 32.0 Å². The van der Waals surface area contributed by atoms with Crippen molar-refractivity contribution in [3.63, 3.8) is 0 Å². The van der Waals surface area contributed by atoms with Crippen LogP contribution < -0.4 is 5.32 Å². The fourth-order valence-electron chi connectivity index (χ4n) is 2.61. The first-order valence-electron chi connectivity index (χ1n) is 7.95. The minimum Gasteiger partial charge on any atom is -0.324 e. The van der Waals surface area contributed by atoms with E-state index < -0.39 is 11.9 Å². The van der Waals surface area contributed by atoms with Crippen molar-refractivity contribution in [2.75, 3.05) is 16.9 Å². The summed E-state index contributed by atoms with van der Waals surface area (Å²) in [4.78, 5) is 31.0. The molecule has 2 heterocycles. The number of halogens is 2. The van der Waals surface area contributed by atoms with E-state index in [4.69, 9.17) is 23.2 Å². The van der Waals surface area contributed by atoms with Crippen LogP contribution in [0.4, 0.5) is 5.69 Å². The fraction of sp³-hybridized carbons (Fsp3) is 0.278. The summed E-state index contributed by atoms with van der Waals surface area (Å²) >= 11 is 13.5. The molecule has 1 aliphatic heterocycles. The van der Waals surface area contributed by atoms with Gasteiger partial charge < -0.3 is 10.2 Å². The summed E-state index contributed by atoms with van der Waals surface area (Å²) in [6.07, 6.45) is 0. The first-order valence-corrected chi connectivity index (χ1v) is 9.87. The van der Waals surface area contributed by atoms with Gasteiger partial charge in [0.2, 0.25) is 5.91 Å². The molecule has 26 heavy (non-hydrogen) atoms. The zero-order valence-corrected chi connectivity index (χ0v) is 16.6. The molecule has 136 valence electrons. The standard InChI is InChI=1S/C18H17Cl2N3O2S/c1-10-3-4-12(7-11(10)2)21-17(24)14-8-26-9-23(14)18(25)16-13(19)5-6-15(20)22-16/h3-7,14H,8-9H2,1-2H3,(H,21,24). The number of carbonyl (C=O) groups excluding carboxylic acids is 2. The Kier molecular flexibility index (Phi) is 5.75. The number of hydrogen-bond donors (Lipinski definition) is 1. The van der Waals surface area contributed by atoms with Crippen molar-refractivity contribution in [3.8, 4) is 0 Å². The lowest BCUT2D eigenvalue weighted by Gasteiger charge is -2.23. The van der Waals surface area contributed by atoms with E-state index in [1.165, 1.54) is 28.8 Å². The van der Waals surface area contributed by atoms with Crippen molar-refractivity contribution in [2.24, 2.45) is 0 Å². The second-order valence-electron chi connectivity index (χ2n) is 6.04. The maximum Gasteiger partial charge on any atom is 0.275 e. The smallest absolute Gasteiger partial charge is 0.275 e. The third-order valence-corrected chi connectivity index (χ3v) is 5.76. The Morgan fingerprint density at radius 3 is 2.69 bits per heavy atom. The van der Waals surface area contributed by atoms with Gasteiger partial charge in [0.25, 0.3) is 5.91 Å². The number of amides is 2. The molecule has 1 aliphatic rings. The van der Waals surface area contributed by atoms with Crippen molar-refractivity contribution in [3.05, 3.63) is 57.3 Å². The topological polar surface area (TPSA) is 62.3 Å². The Morgan fingerprint density at radius 1 is 1.19 bits per heavy atom. The Labute approximate surface area is 166 Å². The molecule has 0 saturated carbocycles. The molecule has 0 bridgehead atoms. The van der Waals surface area contributed by atoms with Gasteiger partial charge in [0.05, 0.1) is 10.9 Å². The van der Waals surface area contributed by atoms with Crippen LogP contribution >= 0.6 is 35.0 Å². The molecule has 1 atom stereocenters. The fourth-order valence-corrected chi connectivity index (χ4v) is 4.10. The molecule has 0 spiro atoms. The molecule has 1 saturated heterocycles. The Bertz CT molecular complexity index is 876. The van der Waals surface area contributed by atoms with Crippen LogP contribution in [0.25, 0.3) is 0 Å². The zero-order chi connectivity index (χ0) is 18.8. The first-order chi connectivity index (χ1) is 12.4. The SMILES string of the molecule is Cc1ccc(NC(=O)C2CSCN2C(=O)c2nc(Cl)ccc2Cl)cc1C. The van der Waals surface area contributed by atoms with E-state index in [0.717, 1.165) is 11.1 Å². The summed E-state index contributed by atoms with van der Waals surface area (Å²) in [5.74, 6) is 0.280. The number of rotatable bonds is 3. The lowest BCUT2D eigenvalue weighted by atomic mass is 10.1. The average molecular weight is 410 g/mol. The first kappa shape index (κ1) is 19.0. The molecule has 1 aromatic carbocycles. The molecule has 1 fully saturated rings. The highest BCUT2D eigenvalue weighted by Gasteiger charge is 2.36. The number of anilines is 1. The van der Waals surface area contributed by atoms with Crippen LogP contribution in [0.3, 0.4) is 0 Å². The number of hydrogen-bond acceptors (Lipinski definition) is 4. The second-order valence-corrected chi connectivity index (χ2v) is 7.84. The van der Waals surface area contributed by atoms with Gasteiger partial charge in [0, 0.05) is 11.4 Å². The number of aryl methyl sites for hydroxylation is 2. The van der Waals surface area contributed by atoms with Crippen LogP contribution in [-0.4, -0.2) is 39.4 Å². The van der Waals surface area contributed by atoms with E-state index in [0.29, 0.717) is 17.3 Å². The summed E-state index contributed by atoms with van der Waals surface area (Å²) < 4.78 is 0. The summed E-state index contributed by atoms with van der Waals surface area (Å²) in [5.41, 5.74) is 3.01. The van der Waals surface area contributed by atoms with Gasteiger partial charge in [0.15, 0.2) is 0 Å². The van der Waals surface area contributed by atoms with E-state index in [9.17, 15) is 9.59 Å². The molecule has 8 heteroatoms. The maximum atomic E-state index is 12.8. The molecule has 5 nitrogen and oxygen atoms in total. The molecular formula is C18H17Cl2N3O2S. The number of pyridine rings is 1. The van der Waals surface area contributed by atoms with E-state index >= 15 is 0 Å². The van der Waals surface area contributed by atoms with E-state index in [1.54, 1.807) is 0 Å². The van der Waals surface area contributed by atoms with Crippen LogP contribution in [0.2, 0.25) is 10.2 Å². The van der Waals surface area contributed by atoms with Gasteiger partial charge in [-0.3, -0.25) is 9.59 Å². The van der Waals surface area contributed by atoms with Crippen LogP contribution in [0.15, 0.2) is 30.3 Å². The number of carbonyl (C=O) groups is 2. The van der Waals surface area contributed by atoms with Crippen LogP contribution in [0.1, 0.15) is 21.6 Å². The third-order valence-electron chi connectivity index (χ3n) is 4.23. The van der Waals surface area contributed by atoms with Crippen molar-refractivity contribution >= 4 is 52.5 Å². The summed E-state index contributed by atoms with van der Waals surface area (Å²) in [5, 5.41) is 3.28. The monoisotopic (exact) mass is 409 g/mol. The van der Waals surface area contributed by atoms with Crippen LogP contribution in [0.5, 0.6) is 0 Å². The van der Waals surface area contributed by atoms with Crippen LogP contribution in [0, 0.1) is 13.8 Å². The van der Waals surface area contributed by atoms with Crippen molar-refractivity contribution in [2.45, 2.75) is 19.9 Å². The predicted octanol–water partition coefficient (Wildman–Crippen LogP) is 4.16. The van der Waals surface area contributed by atoms with Crippen molar-refractivity contribution in [1.82, 2.24) is 9.88 Å². The quantitative estimate of drug-likeness (QED) is 0.772. The molecule has 3 rings (SSSR count). The van der Waals surface area contributed by atoms with E-state index in [2.05, 4.69) is 10.3 Å². The number of aromatic nitrogens is 1. The number of nitrogens with zero attached hydrogens (tertiary/aromatic N) is 2. The molecule has 1 unspecified atom stereocenters. The predicted molar refractivity (Wildman–Crippen MR) is 106 cm³/mol. The highest BCUT2D eigenvalue weighted by molar-refractivity contribution is 7.99. The van der Waals surface area contributed by atoms with Gasteiger partial charge in [-0.2, -0.15) is 0 Å². The normalized spacial score (nSPS) is 16.6. The Balaban J connectivity index is 1.78. The molecular weight excluding hydrogens is 393 g/mol. The van der Waals surface area contributed by atoms with Gasteiger partial charge in [-0.1, -0.05) is 29.3 Å². The lowest BCUT2D eigenvalue weighted by Crippen LogP contribution is -2.44. The minimum atomic E-state index is -0.592. The van der Waals surface area contributed by atoms with Crippen molar-refractivity contribution in [1.29, 1.82) is 0 Å². The van der Waals surface area contributed by atoms with Gasteiger partial charge in [0.1, 0.15) is 16.9 Å². The third kappa shape index (κ3) is 3.98. The van der Waals surface area contributed by atoms with Gasteiger partial charge in [-0.05, 0) is 49.2 Å². The number of thioether (sulfide) groups is 1. The van der Waals surface area contributed by atoms with E-state index in [-0.39, 0.29) is 21.8 Å². The Hall–Kier alpha value is -1.76. The lowest BCUT2D eigenvalue weighted by molar-refractivity contribution is -0.119. The number of nitrogens with one attached hydrogen (secondary N) is 1. The van der Waals surface area contributed by atoms with Gasteiger partial charge in [-0.15, -0.1) is 11.8 Å². The highest BCUT2D eigenvalue weighted by atomic mass is 35.5. The molecule has 0 aliphatic carbocycles. The minimum absolute atomic E-state index is 0.0608. The second kappa shape index (κ2) is 7.86. The zero-order valence-electron chi connectivity index (χ0n) is 14.3. The van der Waals surface area contributed by atoms with Crippen molar-refractivity contribution < 1.29 is 9.59 Å². The molecule has 0 radical (unpaired) electrons. The summed E-state index contributed by atoms with van der Waals surface area (Å²) in [6, 6.07) is 8.17. The van der Waals surface area contributed by atoms with Gasteiger partial charge in [-0.25, -0.2) is 4.98 Å². The molecule has 1 N–H and O–H groups in total. The maximum absolute atomic E-state index is 12.8. The Morgan fingerprint density at radius 2 is 1.96 bits per heavy atom. The molecule has 1 aromatic heterocycles. The summed E-state index contributed by atoms with van der Waals surface area (Å²) in [6.45, 7) is 4.00. The highest BCUT2D eigenvalue weighted by Crippen LogP contribution is 2.27. The van der Waals surface area contributed by atoms with Crippen LogP contribution in [-0.2, 0) is 4.79 Å². The van der Waals surface area contributed by atoms with Gasteiger partial charge >= 0.3 is 0 Å². The average Bonchev–Trinajstić information content (AvgIpc) is 3.09. The summed E-state index contributed by atoms with van der Waals surface area (Å²) in [7, 11) is 0. The largest absolute Gasteiger partial charge is 0.324 e.